The number of hydrogen-bond donors (Lipinski definition) is 1. The van der Waals surface area contributed by atoms with Crippen LogP contribution in [0.1, 0.15) is 110 Å². The Morgan fingerprint density at radius 1 is 0.643 bits per heavy atom. The van der Waals surface area contributed by atoms with Gasteiger partial charge in [-0.2, -0.15) is 0 Å². The lowest BCUT2D eigenvalue weighted by atomic mass is 10.0. The lowest BCUT2D eigenvalue weighted by Gasteiger charge is -2.06. The van der Waals surface area contributed by atoms with Crippen molar-refractivity contribution in [3.8, 4) is 5.75 Å². The van der Waals surface area contributed by atoms with Crippen LogP contribution in [0.15, 0.2) is 29.2 Å². The van der Waals surface area contributed by atoms with Gasteiger partial charge < -0.3 is 5.11 Å². The Hall–Kier alpha value is -1.03. The van der Waals surface area contributed by atoms with Crippen LogP contribution in [0.2, 0.25) is 0 Å². The molecule has 0 aliphatic carbocycles. The largest absolute Gasteiger partial charge is 0.507 e. The molecular formula is C24H42O3S. The molecule has 4 heteroatoms. The van der Waals surface area contributed by atoms with Crippen LogP contribution in [0, 0.1) is 0 Å². The number of hydrogen-bond acceptors (Lipinski definition) is 3. The average molecular weight is 411 g/mol. The molecule has 0 fully saturated rings. The first kappa shape index (κ1) is 25.0. The maximum absolute atomic E-state index is 12.2. The summed E-state index contributed by atoms with van der Waals surface area (Å²) in [6.45, 7) is 2.27. The van der Waals surface area contributed by atoms with Crippen molar-refractivity contribution in [3.63, 3.8) is 0 Å². The molecule has 28 heavy (non-hydrogen) atoms. The zero-order chi connectivity index (χ0) is 20.5. The molecule has 0 amide bonds. The molecular weight excluding hydrogens is 368 g/mol. The number of phenols is 1. The van der Waals surface area contributed by atoms with Crippen LogP contribution >= 0.6 is 0 Å². The van der Waals surface area contributed by atoms with Crippen LogP contribution in [0.3, 0.4) is 0 Å². The molecule has 1 rings (SSSR count). The van der Waals surface area contributed by atoms with E-state index in [2.05, 4.69) is 6.92 Å². The molecule has 1 aromatic carbocycles. The Balaban J connectivity index is 1.90. The highest BCUT2D eigenvalue weighted by atomic mass is 32.2. The molecule has 0 heterocycles. The zero-order valence-corrected chi connectivity index (χ0v) is 18.8. The van der Waals surface area contributed by atoms with Crippen molar-refractivity contribution in [3.05, 3.63) is 24.3 Å². The van der Waals surface area contributed by atoms with Crippen molar-refractivity contribution in [2.75, 3.05) is 5.75 Å². The van der Waals surface area contributed by atoms with Crippen molar-refractivity contribution < 1.29 is 13.5 Å². The van der Waals surface area contributed by atoms with Crippen LogP contribution in [0.25, 0.3) is 0 Å². The number of benzene rings is 1. The van der Waals surface area contributed by atoms with E-state index in [4.69, 9.17) is 0 Å². The molecule has 0 saturated carbocycles. The molecule has 162 valence electrons. The molecule has 0 saturated heterocycles. The molecule has 0 atom stereocenters. The highest BCUT2D eigenvalue weighted by molar-refractivity contribution is 7.91. The van der Waals surface area contributed by atoms with Gasteiger partial charge in [0.25, 0.3) is 0 Å². The number of aromatic hydroxyl groups is 1. The molecule has 3 nitrogen and oxygen atoms in total. The van der Waals surface area contributed by atoms with Crippen LogP contribution in [0.4, 0.5) is 0 Å². The second-order valence-electron chi connectivity index (χ2n) is 8.09. The van der Waals surface area contributed by atoms with E-state index in [1.807, 2.05) is 0 Å². The lowest BCUT2D eigenvalue weighted by molar-refractivity contribution is 0.458. The summed E-state index contributed by atoms with van der Waals surface area (Å²) in [5, 5.41) is 9.70. The Morgan fingerprint density at radius 3 is 1.46 bits per heavy atom. The first-order valence-corrected chi connectivity index (χ1v) is 13.2. The molecule has 1 aromatic rings. The van der Waals surface area contributed by atoms with E-state index in [0.29, 0.717) is 6.42 Å². The summed E-state index contributed by atoms with van der Waals surface area (Å²) in [5.41, 5.74) is 0. The van der Waals surface area contributed by atoms with Gasteiger partial charge in [-0.05, 0) is 18.6 Å². The smallest absolute Gasteiger partial charge is 0.182 e. The Kier molecular flexibility index (Phi) is 14.1. The molecule has 0 unspecified atom stereocenters. The third kappa shape index (κ3) is 11.7. The summed E-state index contributed by atoms with van der Waals surface area (Å²) in [5.74, 6) is -0.0118. The van der Waals surface area contributed by atoms with E-state index in [1.165, 1.54) is 95.6 Å². The maximum atomic E-state index is 12.2. The van der Waals surface area contributed by atoms with E-state index < -0.39 is 9.84 Å². The second kappa shape index (κ2) is 15.8. The van der Waals surface area contributed by atoms with E-state index in [0.717, 1.165) is 12.8 Å². The highest BCUT2D eigenvalue weighted by Crippen LogP contribution is 2.23. The predicted molar refractivity (Wildman–Crippen MR) is 120 cm³/mol. The molecule has 0 spiro atoms. The van der Waals surface area contributed by atoms with Gasteiger partial charge in [0.05, 0.1) is 5.75 Å². The summed E-state index contributed by atoms with van der Waals surface area (Å²) in [4.78, 5) is 0.0657. The number of unbranched alkanes of at least 4 members (excludes halogenated alkanes) is 15. The number of sulfone groups is 1. The van der Waals surface area contributed by atoms with E-state index >= 15 is 0 Å². The van der Waals surface area contributed by atoms with Gasteiger partial charge in [0.15, 0.2) is 9.84 Å². The van der Waals surface area contributed by atoms with Crippen molar-refractivity contribution in [2.45, 2.75) is 115 Å². The number of phenolic OH excluding ortho intramolecular Hbond substituents is 1. The Morgan fingerprint density at radius 2 is 1.04 bits per heavy atom. The third-order valence-corrected chi connectivity index (χ3v) is 7.31. The van der Waals surface area contributed by atoms with Gasteiger partial charge in [-0.25, -0.2) is 8.42 Å². The SMILES string of the molecule is CCCCCCCCCCCCCCCCCCS(=O)(=O)c1ccccc1O. The molecule has 0 radical (unpaired) electrons. The van der Waals surface area contributed by atoms with Gasteiger partial charge in [0.1, 0.15) is 10.6 Å². The molecule has 0 aliphatic heterocycles. The summed E-state index contributed by atoms with van der Waals surface area (Å²) in [6, 6.07) is 6.21. The quantitative estimate of drug-likeness (QED) is 0.256. The lowest BCUT2D eigenvalue weighted by Crippen LogP contribution is -2.07. The van der Waals surface area contributed by atoms with Crippen molar-refractivity contribution in [1.29, 1.82) is 0 Å². The van der Waals surface area contributed by atoms with E-state index in [9.17, 15) is 13.5 Å². The standard InChI is InChI=1S/C24H42O3S/c1-2-3-4-5-6-7-8-9-10-11-12-13-14-15-16-19-22-28(26,27)24-21-18-17-20-23(24)25/h17-18,20-21,25H,2-16,19,22H2,1H3. The summed E-state index contributed by atoms with van der Waals surface area (Å²) in [7, 11) is -3.36. The van der Waals surface area contributed by atoms with Gasteiger partial charge in [-0.3, -0.25) is 0 Å². The van der Waals surface area contributed by atoms with Crippen molar-refractivity contribution in [2.24, 2.45) is 0 Å². The summed E-state index contributed by atoms with van der Waals surface area (Å²) in [6.07, 6.45) is 20.4. The van der Waals surface area contributed by atoms with Crippen molar-refractivity contribution in [1.82, 2.24) is 0 Å². The minimum absolute atomic E-state index is 0.0657. The Bertz CT molecular complexity index is 596. The van der Waals surface area contributed by atoms with E-state index in [1.54, 1.807) is 12.1 Å². The van der Waals surface area contributed by atoms with Gasteiger partial charge >= 0.3 is 0 Å². The average Bonchev–Trinajstić information content (AvgIpc) is 2.68. The number of rotatable bonds is 18. The van der Waals surface area contributed by atoms with Gasteiger partial charge in [-0.15, -0.1) is 0 Å². The third-order valence-electron chi connectivity index (χ3n) is 5.47. The fourth-order valence-corrected chi connectivity index (χ4v) is 5.15. The first-order chi connectivity index (χ1) is 13.6. The highest BCUT2D eigenvalue weighted by Gasteiger charge is 2.17. The zero-order valence-electron chi connectivity index (χ0n) is 18.0. The second-order valence-corrected chi connectivity index (χ2v) is 10.2. The van der Waals surface area contributed by atoms with Crippen LogP contribution < -0.4 is 0 Å². The summed E-state index contributed by atoms with van der Waals surface area (Å²) < 4.78 is 24.5. The topological polar surface area (TPSA) is 54.4 Å². The molecule has 0 aliphatic rings. The minimum atomic E-state index is -3.36. The monoisotopic (exact) mass is 410 g/mol. The van der Waals surface area contributed by atoms with Crippen molar-refractivity contribution >= 4 is 9.84 Å². The van der Waals surface area contributed by atoms with Gasteiger partial charge in [0, 0.05) is 0 Å². The Labute approximate surface area is 173 Å². The van der Waals surface area contributed by atoms with Gasteiger partial charge in [0.2, 0.25) is 0 Å². The van der Waals surface area contributed by atoms with Crippen LogP contribution in [-0.4, -0.2) is 19.3 Å². The predicted octanol–water partition coefficient (Wildman–Crippen LogP) is 7.43. The normalized spacial score (nSPS) is 11.8. The summed E-state index contributed by atoms with van der Waals surface area (Å²) >= 11 is 0. The molecule has 0 aromatic heterocycles. The number of para-hydroxylation sites is 1. The molecule has 1 N–H and O–H groups in total. The minimum Gasteiger partial charge on any atom is -0.507 e. The molecule has 0 bridgehead atoms. The van der Waals surface area contributed by atoms with Gasteiger partial charge in [-0.1, -0.05) is 115 Å². The van der Waals surface area contributed by atoms with Crippen LogP contribution in [-0.2, 0) is 9.84 Å². The first-order valence-electron chi connectivity index (χ1n) is 11.6. The van der Waals surface area contributed by atoms with E-state index in [-0.39, 0.29) is 16.4 Å². The maximum Gasteiger partial charge on any atom is 0.182 e. The fraction of sp³-hybridized carbons (Fsp3) is 0.750. The fourth-order valence-electron chi connectivity index (χ4n) is 3.67. The van der Waals surface area contributed by atoms with Crippen LogP contribution in [0.5, 0.6) is 5.75 Å².